The van der Waals surface area contributed by atoms with Gasteiger partial charge in [0.25, 0.3) is 0 Å². The highest BCUT2D eigenvalue weighted by Crippen LogP contribution is 2.42. The maximum Gasteiger partial charge on any atom is 0.233 e. The predicted octanol–water partition coefficient (Wildman–Crippen LogP) is 2.01. The zero-order chi connectivity index (χ0) is 11.7. The number of amides is 1. The van der Waals surface area contributed by atoms with Gasteiger partial charge in [0.15, 0.2) is 0 Å². The second-order valence-corrected chi connectivity index (χ2v) is 6.04. The van der Waals surface area contributed by atoms with Crippen molar-refractivity contribution >= 4 is 29.0 Å². The number of thioether (sulfide) groups is 1. The fourth-order valence-electron chi connectivity index (χ4n) is 1.79. The number of carbonyl (C=O) groups is 1. The molecule has 88 valence electrons. The number of aliphatic hydroxyl groups excluding tert-OH is 1. The molecule has 1 aliphatic heterocycles. The summed E-state index contributed by atoms with van der Waals surface area (Å²) in [5, 5.41) is 11.6. The molecular weight excluding hydrogens is 242 g/mol. The third kappa shape index (κ3) is 2.26. The number of aliphatic hydroxyl groups is 1. The molecule has 2 heterocycles. The largest absolute Gasteiger partial charge is 0.392 e. The Labute approximate surface area is 103 Å². The van der Waals surface area contributed by atoms with Crippen molar-refractivity contribution in [1.82, 2.24) is 4.90 Å². The van der Waals surface area contributed by atoms with Gasteiger partial charge in [-0.2, -0.15) is 0 Å². The van der Waals surface area contributed by atoms with Crippen LogP contribution in [-0.2, 0) is 4.79 Å². The maximum atomic E-state index is 11.7. The minimum absolute atomic E-state index is 0.0992. The summed E-state index contributed by atoms with van der Waals surface area (Å²) in [6.07, 6.45) is -0.467. The minimum atomic E-state index is -0.467. The quantitative estimate of drug-likeness (QED) is 0.900. The molecule has 2 rings (SSSR count). The first-order valence-corrected chi connectivity index (χ1v) is 7.15. The van der Waals surface area contributed by atoms with E-state index in [1.54, 1.807) is 34.9 Å². The summed E-state index contributed by atoms with van der Waals surface area (Å²) in [6, 6.07) is 2.07. The SMILES string of the molecule is Cc1ccsc1[C@H]1SCC(=O)N1C[C@@H](C)O. The van der Waals surface area contributed by atoms with Crippen molar-refractivity contribution in [1.29, 1.82) is 0 Å². The van der Waals surface area contributed by atoms with Gasteiger partial charge in [-0.05, 0) is 30.9 Å². The summed E-state index contributed by atoms with van der Waals surface area (Å²) in [7, 11) is 0. The third-order valence-corrected chi connectivity index (χ3v) is 5.00. The monoisotopic (exact) mass is 257 g/mol. The third-order valence-electron chi connectivity index (χ3n) is 2.56. The van der Waals surface area contributed by atoms with Crippen LogP contribution in [0, 0.1) is 6.92 Å². The van der Waals surface area contributed by atoms with Gasteiger partial charge < -0.3 is 10.0 Å². The van der Waals surface area contributed by atoms with Crippen LogP contribution in [0.2, 0.25) is 0 Å². The van der Waals surface area contributed by atoms with Gasteiger partial charge in [0, 0.05) is 11.4 Å². The van der Waals surface area contributed by atoms with E-state index in [-0.39, 0.29) is 11.3 Å². The second kappa shape index (κ2) is 4.77. The highest BCUT2D eigenvalue weighted by molar-refractivity contribution is 8.00. The molecule has 1 aliphatic rings. The molecule has 2 atom stereocenters. The predicted molar refractivity (Wildman–Crippen MR) is 67.6 cm³/mol. The number of aryl methyl sites for hydroxylation is 1. The summed E-state index contributed by atoms with van der Waals surface area (Å²) in [5.74, 6) is 0.651. The summed E-state index contributed by atoms with van der Waals surface area (Å²) in [5.41, 5.74) is 1.23. The van der Waals surface area contributed by atoms with Crippen LogP contribution in [0.3, 0.4) is 0 Å². The van der Waals surface area contributed by atoms with Crippen LogP contribution in [0.1, 0.15) is 22.7 Å². The van der Waals surface area contributed by atoms with Crippen molar-refractivity contribution in [2.45, 2.75) is 25.3 Å². The lowest BCUT2D eigenvalue weighted by atomic mass is 10.2. The van der Waals surface area contributed by atoms with Gasteiger partial charge >= 0.3 is 0 Å². The summed E-state index contributed by atoms with van der Waals surface area (Å²) in [6.45, 7) is 4.21. The van der Waals surface area contributed by atoms with E-state index in [1.165, 1.54) is 10.4 Å². The van der Waals surface area contributed by atoms with E-state index in [0.29, 0.717) is 12.3 Å². The Morgan fingerprint density at radius 1 is 1.69 bits per heavy atom. The number of carbonyl (C=O) groups excluding carboxylic acids is 1. The molecule has 0 unspecified atom stereocenters. The van der Waals surface area contributed by atoms with Crippen LogP contribution in [-0.4, -0.2) is 34.3 Å². The van der Waals surface area contributed by atoms with Crippen LogP contribution in [0.15, 0.2) is 11.4 Å². The molecule has 0 aliphatic carbocycles. The van der Waals surface area contributed by atoms with E-state index >= 15 is 0 Å². The van der Waals surface area contributed by atoms with Crippen molar-refractivity contribution in [3.05, 3.63) is 21.9 Å². The average Bonchev–Trinajstić information content (AvgIpc) is 2.75. The molecule has 0 saturated carbocycles. The normalized spacial score (nSPS) is 22.8. The Bertz CT molecular complexity index is 389. The van der Waals surface area contributed by atoms with Gasteiger partial charge in [-0.3, -0.25) is 4.79 Å². The van der Waals surface area contributed by atoms with Crippen molar-refractivity contribution < 1.29 is 9.90 Å². The molecule has 0 bridgehead atoms. The highest BCUT2D eigenvalue weighted by atomic mass is 32.2. The highest BCUT2D eigenvalue weighted by Gasteiger charge is 2.34. The molecule has 1 aromatic rings. The van der Waals surface area contributed by atoms with E-state index in [1.807, 2.05) is 0 Å². The van der Waals surface area contributed by atoms with Crippen molar-refractivity contribution in [3.63, 3.8) is 0 Å². The van der Waals surface area contributed by atoms with Gasteiger partial charge in [0.2, 0.25) is 5.91 Å². The Balaban J connectivity index is 2.21. The zero-order valence-corrected chi connectivity index (χ0v) is 11.0. The number of rotatable bonds is 3. The van der Waals surface area contributed by atoms with E-state index in [0.717, 1.165) is 0 Å². The lowest BCUT2D eigenvalue weighted by molar-refractivity contribution is -0.129. The molecule has 1 amide bonds. The molecule has 1 fully saturated rings. The molecule has 3 nitrogen and oxygen atoms in total. The first-order valence-electron chi connectivity index (χ1n) is 5.22. The fourth-order valence-corrected chi connectivity index (χ4v) is 4.27. The van der Waals surface area contributed by atoms with E-state index in [2.05, 4.69) is 18.4 Å². The molecule has 0 aromatic carbocycles. The summed E-state index contributed by atoms with van der Waals surface area (Å²) < 4.78 is 0. The standard InChI is InChI=1S/C11H15NO2S2/c1-7-3-4-15-10(7)11-12(5-8(2)13)9(14)6-16-11/h3-4,8,11,13H,5-6H2,1-2H3/t8-,11-/m1/s1. The van der Waals surface area contributed by atoms with Crippen LogP contribution in [0.25, 0.3) is 0 Å². The van der Waals surface area contributed by atoms with Gasteiger partial charge in [0.1, 0.15) is 5.37 Å². The summed E-state index contributed by atoms with van der Waals surface area (Å²) >= 11 is 3.33. The van der Waals surface area contributed by atoms with Crippen LogP contribution in [0.5, 0.6) is 0 Å². The number of hydrogen-bond acceptors (Lipinski definition) is 4. The van der Waals surface area contributed by atoms with Crippen molar-refractivity contribution in [3.8, 4) is 0 Å². The number of thiophene rings is 1. The lowest BCUT2D eigenvalue weighted by Gasteiger charge is -2.24. The lowest BCUT2D eigenvalue weighted by Crippen LogP contribution is -2.34. The topological polar surface area (TPSA) is 40.5 Å². The Kier molecular flexibility index (Phi) is 3.56. The van der Waals surface area contributed by atoms with Gasteiger partial charge in [-0.15, -0.1) is 23.1 Å². The molecule has 0 spiro atoms. The van der Waals surface area contributed by atoms with Crippen molar-refractivity contribution in [2.75, 3.05) is 12.3 Å². The van der Waals surface area contributed by atoms with Gasteiger partial charge in [0.05, 0.1) is 11.9 Å². The molecule has 1 aromatic heterocycles. The number of hydrogen-bond donors (Lipinski definition) is 1. The van der Waals surface area contributed by atoms with E-state index in [9.17, 15) is 9.90 Å². The van der Waals surface area contributed by atoms with E-state index < -0.39 is 6.10 Å². The maximum absolute atomic E-state index is 11.7. The van der Waals surface area contributed by atoms with Crippen LogP contribution >= 0.6 is 23.1 Å². The van der Waals surface area contributed by atoms with Crippen LogP contribution in [0.4, 0.5) is 0 Å². The first-order chi connectivity index (χ1) is 7.59. The zero-order valence-electron chi connectivity index (χ0n) is 9.34. The number of β-amino-alcohol motifs (C(OH)–C–C–N with tert-alkyl or cyclic N) is 1. The Hall–Kier alpha value is -0.520. The van der Waals surface area contributed by atoms with Gasteiger partial charge in [-0.25, -0.2) is 0 Å². The average molecular weight is 257 g/mol. The smallest absolute Gasteiger partial charge is 0.233 e. The number of nitrogens with zero attached hydrogens (tertiary/aromatic N) is 1. The molecule has 0 radical (unpaired) electrons. The molecule has 16 heavy (non-hydrogen) atoms. The Morgan fingerprint density at radius 2 is 2.44 bits per heavy atom. The minimum Gasteiger partial charge on any atom is -0.392 e. The molecule has 5 heteroatoms. The summed E-state index contributed by atoms with van der Waals surface area (Å²) in [4.78, 5) is 14.7. The van der Waals surface area contributed by atoms with Crippen molar-refractivity contribution in [2.24, 2.45) is 0 Å². The van der Waals surface area contributed by atoms with Crippen LogP contribution < -0.4 is 0 Å². The first kappa shape index (κ1) is 12.0. The molecular formula is C11H15NO2S2. The molecule has 1 N–H and O–H groups in total. The Morgan fingerprint density at radius 3 is 3.00 bits per heavy atom. The van der Waals surface area contributed by atoms with Gasteiger partial charge in [-0.1, -0.05) is 0 Å². The second-order valence-electron chi connectivity index (χ2n) is 4.03. The fraction of sp³-hybridized carbons (Fsp3) is 0.545. The van der Waals surface area contributed by atoms with E-state index in [4.69, 9.17) is 0 Å². The molecule has 1 saturated heterocycles.